The molecular weight excluding hydrogens is 452 g/mol. The quantitative estimate of drug-likeness (QED) is 0.640. The Hall–Kier alpha value is -2.64. The van der Waals surface area contributed by atoms with Crippen molar-refractivity contribution in [3.8, 4) is 11.5 Å². The van der Waals surface area contributed by atoms with E-state index in [0.29, 0.717) is 55.3 Å². The molecule has 1 N–H and O–H groups in total. The van der Waals surface area contributed by atoms with Crippen molar-refractivity contribution in [3.63, 3.8) is 0 Å². The molecule has 3 aliphatic rings. The van der Waals surface area contributed by atoms with Crippen molar-refractivity contribution >= 4 is 23.9 Å². The normalized spacial score (nSPS) is 19.2. The number of fused-ring (bicyclic) bond motifs is 1. The van der Waals surface area contributed by atoms with Gasteiger partial charge in [0.25, 0.3) is 0 Å². The summed E-state index contributed by atoms with van der Waals surface area (Å²) in [5.41, 5.74) is 1.27. The van der Waals surface area contributed by atoms with Crippen LogP contribution < -0.4 is 9.47 Å². The first-order chi connectivity index (χ1) is 15.4. The highest BCUT2D eigenvalue weighted by Gasteiger charge is 2.39. The third-order valence-electron chi connectivity index (χ3n) is 6.43. The molecule has 5 nitrogen and oxygen atoms in total. The Morgan fingerprint density at radius 3 is 2.45 bits per heavy atom. The van der Waals surface area contributed by atoms with Gasteiger partial charge in [0.05, 0.1) is 13.2 Å². The monoisotopic (exact) mass is 477 g/mol. The average Bonchev–Trinajstić information content (AvgIpc) is 3.58. The third kappa shape index (κ3) is 4.99. The highest BCUT2D eigenvalue weighted by molar-refractivity contribution is 5.85. The van der Waals surface area contributed by atoms with Crippen LogP contribution in [0.15, 0.2) is 42.5 Å². The smallest absolute Gasteiger partial charge is 0.317 e. The fourth-order valence-corrected chi connectivity index (χ4v) is 4.47. The predicted molar refractivity (Wildman–Crippen MR) is 122 cm³/mol. The van der Waals surface area contributed by atoms with Gasteiger partial charge in [-0.25, -0.2) is 8.78 Å². The lowest BCUT2D eigenvalue weighted by Gasteiger charge is -2.42. The van der Waals surface area contributed by atoms with Gasteiger partial charge in [0, 0.05) is 31.5 Å². The van der Waals surface area contributed by atoms with Crippen LogP contribution in [0.1, 0.15) is 36.8 Å². The van der Waals surface area contributed by atoms with Gasteiger partial charge in [0.15, 0.2) is 17.4 Å². The molecule has 2 fully saturated rings. The molecule has 2 aromatic carbocycles. The van der Waals surface area contributed by atoms with Gasteiger partial charge in [-0.15, -0.1) is 12.4 Å². The van der Waals surface area contributed by atoms with Gasteiger partial charge in [-0.2, -0.15) is 0 Å². The van der Waals surface area contributed by atoms with E-state index in [-0.39, 0.29) is 24.7 Å². The number of aliphatic carboxylic acids is 1. The summed E-state index contributed by atoms with van der Waals surface area (Å²) in [6, 6.07) is 10.1. The molecular formula is C25H26ClF2NO4. The van der Waals surface area contributed by atoms with Crippen LogP contribution in [0.4, 0.5) is 8.78 Å². The number of rotatable bonds is 6. The molecule has 0 bridgehead atoms. The summed E-state index contributed by atoms with van der Waals surface area (Å²) < 4.78 is 41.4. The molecule has 0 aromatic heterocycles. The largest absolute Gasteiger partial charge is 0.487 e. The molecule has 176 valence electrons. The summed E-state index contributed by atoms with van der Waals surface area (Å²) in [4.78, 5) is 12.9. The second-order valence-electron chi connectivity index (χ2n) is 8.91. The molecule has 1 saturated carbocycles. The first kappa shape index (κ1) is 23.5. The molecule has 2 heterocycles. The maximum atomic E-state index is 14.8. The van der Waals surface area contributed by atoms with Crippen LogP contribution >= 0.6 is 12.4 Å². The second kappa shape index (κ2) is 9.31. The van der Waals surface area contributed by atoms with Gasteiger partial charge in [-0.1, -0.05) is 18.2 Å². The van der Waals surface area contributed by atoms with Crippen molar-refractivity contribution in [1.29, 1.82) is 0 Å². The van der Waals surface area contributed by atoms with E-state index in [1.165, 1.54) is 12.1 Å². The van der Waals surface area contributed by atoms with Crippen LogP contribution in [0.3, 0.4) is 0 Å². The molecule has 33 heavy (non-hydrogen) atoms. The Morgan fingerprint density at radius 2 is 1.82 bits per heavy atom. The van der Waals surface area contributed by atoms with Crippen LogP contribution in [0.25, 0.3) is 5.57 Å². The van der Waals surface area contributed by atoms with Gasteiger partial charge in [0.1, 0.15) is 11.4 Å². The number of para-hydroxylation sites is 1. The van der Waals surface area contributed by atoms with E-state index in [1.807, 2.05) is 35.2 Å². The van der Waals surface area contributed by atoms with E-state index in [1.54, 1.807) is 0 Å². The zero-order valence-electron chi connectivity index (χ0n) is 18.1. The minimum absolute atomic E-state index is 0. The van der Waals surface area contributed by atoms with Crippen LogP contribution in [0.5, 0.6) is 11.5 Å². The number of piperidine rings is 1. The van der Waals surface area contributed by atoms with Gasteiger partial charge in [-0.3, -0.25) is 9.69 Å². The zero-order chi connectivity index (χ0) is 22.3. The van der Waals surface area contributed by atoms with Gasteiger partial charge >= 0.3 is 5.97 Å². The minimum Gasteiger partial charge on any atom is -0.487 e. The molecule has 0 amide bonds. The van der Waals surface area contributed by atoms with Crippen LogP contribution in [-0.2, 0) is 4.79 Å². The Morgan fingerprint density at radius 1 is 1.15 bits per heavy atom. The lowest BCUT2D eigenvalue weighted by molar-refractivity contribution is -0.139. The molecule has 0 unspecified atom stereocenters. The number of hydrogen-bond acceptors (Lipinski definition) is 4. The molecule has 0 radical (unpaired) electrons. The maximum absolute atomic E-state index is 14.8. The van der Waals surface area contributed by atoms with Gasteiger partial charge < -0.3 is 14.6 Å². The summed E-state index contributed by atoms with van der Waals surface area (Å²) in [6.45, 7) is 1.45. The maximum Gasteiger partial charge on any atom is 0.317 e. The Bertz CT molecular complexity index is 1050. The van der Waals surface area contributed by atoms with Crippen molar-refractivity contribution < 1.29 is 28.2 Å². The fraction of sp³-hybridized carbons (Fsp3) is 0.400. The number of nitrogens with zero attached hydrogens (tertiary/aromatic N) is 1. The number of hydrogen-bond donors (Lipinski definition) is 1. The van der Waals surface area contributed by atoms with Crippen molar-refractivity contribution in [3.05, 3.63) is 65.2 Å². The number of carboxylic acids is 1. The molecule has 2 aliphatic heterocycles. The molecule has 0 atom stereocenters. The summed E-state index contributed by atoms with van der Waals surface area (Å²) in [7, 11) is 0. The SMILES string of the molecule is Cl.O=C(O)CN1CCC2(C=C(c3cc(F)c(OCC4CC4)c(F)c3)c3ccccc3O2)CC1. The van der Waals surface area contributed by atoms with Crippen LogP contribution in [-0.4, -0.2) is 47.8 Å². The van der Waals surface area contributed by atoms with E-state index in [0.717, 1.165) is 18.4 Å². The topological polar surface area (TPSA) is 59.0 Å². The predicted octanol–water partition coefficient (Wildman–Crippen LogP) is 4.92. The number of carboxylic acid groups (broad SMARTS) is 1. The number of ether oxygens (including phenoxy) is 2. The van der Waals surface area contributed by atoms with Crippen molar-refractivity contribution in [2.75, 3.05) is 26.2 Å². The van der Waals surface area contributed by atoms with E-state index < -0.39 is 23.2 Å². The third-order valence-corrected chi connectivity index (χ3v) is 6.43. The fourth-order valence-electron chi connectivity index (χ4n) is 4.47. The number of benzene rings is 2. The van der Waals surface area contributed by atoms with E-state index >= 15 is 0 Å². The standard InChI is InChI=1S/C25H25F2NO4.ClH/c26-20-11-17(12-21(27)24(20)31-15-16-5-6-16)19-13-25(32-22-4-2-1-3-18(19)22)7-9-28(10-8-25)14-23(29)30;/h1-4,11-13,16H,5-10,14-15H2,(H,29,30);1H. The van der Waals surface area contributed by atoms with Crippen LogP contribution in [0, 0.1) is 17.6 Å². The number of likely N-dealkylation sites (tertiary alicyclic amines) is 1. The Labute approximate surface area is 197 Å². The minimum atomic E-state index is -0.859. The highest BCUT2D eigenvalue weighted by atomic mass is 35.5. The summed E-state index contributed by atoms with van der Waals surface area (Å²) in [5.74, 6) is -1.55. The first-order valence-electron chi connectivity index (χ1n) is 11.0. The highest BCUT2D eigenvalue weighted by Crippen LogP contribution is 2.44. The molecule has 1 spiro atoms. The molecule has 2 aromatic rings. The Balaban J connectivity index is 0.00000259. The number of carbonyl (C=O) groups is 1. The lowest BCUT2D eigenvalue weighted by Crippen LogP contribution is -2.49. The molecule has 1 aliphatic carbocycles. The summed E-state index contributed by atoms with van der Waals surface area (Å²) in [6.07, 6.45) is 5.21. The van der Waals surface area contributed by atoms with E-state index in [9.17, 15) is 13.6 Å². The van der Waals surface area contributed by atoms with E-state index in [4.69, 9.17) is 14.6 Å². The number of halogens is 3. The van der Waals surface area contributed by atoms with Gasteiger partial charge in [-0.05, 0) is 54.2 Å². The molecule has 1 saturated heterocycles. The average molecular weight is 478 g/mol. The molecule has 5 rings (SSSR count). The summed E-state index contributed by atoms with van der Waals surface area (Å²) in [5, 5.41) is 9.07. The zero-order valence-corrected chi connectivity index (χ0v) is 18.9. The Kier molecular flexibility index (Phi) is 6.64. The second-order valence-corrected chi connectivity index (χ2v) is 8.91. The van der Waals surface area contributed by atoms with Crippen molar-refractivity contribution in [2.24, 2.45) is 5.92 Å². The van der Waals surface area contributed by atoms with Crippen LogP contribution in [0.2, 0.25) is 0 Å². The van der Waals surface area contributed by atoms with E-state index in [2.05, 4.69) is 0 Å². The first-order valence-corrected chi connectivity index (χ1v) is 11.0. The van der Waals surface area contributed by atoms with Crippen molar-refractivity contribution in [2.45, 2.75) is 31.3 Å². The van der Waals surface area contributed by atoms with Crippen molar-refractivity contribution in [1.82, 2.24) is 4.90 Å². The molecule has 8 heteroatoms. The summed E-state index contributed by atoms with van der Waals surface area (Å²) >= 11 is 0. The van der Waals surface area contributed by atoms with Gasteiger partial charge in [0.2, 0.25) is 0 Å². The lowest BCUT2D eigenvalue weighted by atomic mass is 9.83.